The average Bonchev–Trinajstić information content (AvgIpc) is 2.92. The fourth-order valence-corrected chi connectivity index (χ4v) is 4.06. The van der Waals surface area contributed by atoms with Gasteiger partial charge in [-0.05, 0) is 69.6 Å². The SMILES string of the molecule is CP(C)(=O)c1cnn(CCC2CCC3(CC2)CC3)c1. The van der Waals surface area contributed by atoms with Gasteiger partial charge in [0.2, 0.25) is 0 Å². The van der Waals surface area contributed by atoms with Gasteiger partial charge in [0.1, 0.15) is 7.14 Å². The van der Waals surface area contributed by atoms with E-state index in [9.17, 15) is 4.57 Å². The third kappa shape index (κ3) is 3.13. The fourth-order valence-electron chi connectivity index (χ4n) is 3.32. The highest BCUT2D eigenvalue weighted by Crippen LogP contribution is 2.57. The van der Waals surface area contributed by atoms with Crippen molar-refractivity contribution in [2.45, 2.75) is 51.5 Å². The largest absolute Gasteiger partial charge is 0.319 e. The van der Waals surface area contributed by atoms with E-state index < -0.39 is 7.14 Å². The second-order valence-electron chi connectivity index (χ2n) is 7.04. The van der Waals surface area contributed by atoms with E-state index in [0.717, 1.165) is 23.2 Å². The lowest BCUT2D eigenvalue weighted by molar-refractivity contribution is 0.238. The minimum Gasteiger partial charge on any atom is -0.319 e. The summed E-state index contributed by atoms with van der Waals surface area (Å²) in [6.07, 6.45) is 13.7. The Hall–Kier alpha value is -0.560. The number of aromatic nitrogens is 2. The van der Waals surface area contributed by atoms with Crippen molar-refractivity contribution in [3.05, 3.63) is 12.4 Å². The first-order chi connectivity index (χ1) is 8.97. The molecule has 3 rings (SSSR count). The molecule has 2 aliphatic carbocycles. The molecule has 0 N–H and O–H groups in total. The van der Waals surface area contributed by atoms with Crippen molar-refractivity contribution in [2.75, 3.05) is 13.3 Å². The minimum atomic E-state index is -2.15. The Labute approximate surface area is 116 Å². The summed E-state index contributed by atoms with van der Waals surface area (Å²) in [5, 5.41) is 5.26. The molecule has 2 aliphatic rings. The zero-order valence-corrected chi connectivity index (χ0v) is 13.0. The highest BCUT2D eigenvalue weighted by Gasteiger charge is 2.44. The maximum absolute atomic E-state index is 12.0. The van der Waals surface area contributed by atoms with E-state index in [0.29, 0.717) is 0 Å². The van der Waals surface area contributed by atoms with Crippen LogP contribution in [0.1, 0.15) is 44.9 Å². The lowest BCUT2D eigenvalue weighted by Gasteiger charge is -2.28. The molecule has 0 aromatic carbocycles. The van der Waals surface area contributed by atoms with Crippen LogP contribution in [0.4, 0.5) is 0 Å². The molecule has 1 aromatic heterocycles. The van der Waals surface area contributed by atoms with E-state index in [2.05, 4.69) is 5.10 Å². The van der Waals surface area contributed by atoms with E-state index in [-0.39, 0.29) is 0 Å². The summed E-state index contributed by atoms with van der Waals surface area (Å²) in [7, 11) is -2.15. The van der Waals surface area contributed by atoms with Crippen LogP contribution in [0.3, 0.4) is 0 Å². The molecule has 4 heteroatoms. The molecule has 1 heterocycles. The highest BCUT2D eigenvalue weighted by atomic mass is 31.2. The summed E-state index contributed by atoms with van der Waals surface area (Å²) in [6, 6.07) is 0. The molecule has 0 bridgehead atoms. The zero-order chi connectivity index (χ0) is 13.5. The third-order valence-electron chi connectivity index (χ3n) is 5.13. The number of nitrogens with zero attached hydrogens (tertiary/aromatic N) is 2. The first kappa shape index (κ1) is 13.4. The van der Waals surface area contributed by atoms with Crippen molar-refractivity contribution < 1.29 is 4.57 Å². The van der Waals surface area contributed by atoms with Gasteiger partial charge in [-0.1, -0.05) is 0 Å². The van der Waals surface area contributed by atoms with E-state index in [4.69, 9.17) is 0 Å². The lowest BCUT2D eigenvalue weighted by Crippen LogP contribution is -2.17. The Balaban J connectivity index is 1.49. The molecule has 2 fully saturated rings. The molecule has 0 saturated heterocycles. The molecule has 0 atom stereocenters. The van der Waals surface area contributed by atoms with Crippen molar-refractivity contribution in [1.82, 2.24) is 9.78 Å². The predicted octanol–water partition coefficient (Wildman–Crippen LogP) is 3.49. The zero-order valence-electron chi connectivity index (χ0n) is 12.1. The molecule has 1 spiro atoms. The molecule has 0 amide bonds. The van der Waals surface area contributed by atoms with Gasteiger partial charge in [0.15, 0.2) is 0 Å². The van der Waals surface area contributed by atoms with Crippen LogP contribution in [0.15, 0.2) is 12.4 Å². The fraction of sp³-hybridized carbons (Fsp3) is 0.800. The maximum atomic E-state index is 12.0. The quantitative estimate of drug-likeness (QED) is 0.791. The van der Waals surface area contributed by atoms with Gasteiger partial charge in [-0.25, -0.2) is 0 Å². The van der Waals surface area contributed by atoms with Crippen LogP contribution in [-0.4, -0.2) is 23.1 Å². The molecule has 0 radical (unpaired) electrons. The van der Waals surface area contributed by atoms with Crippen LogP contribution in [0.2, 0.25) is 0 Å². The smallest absolute Gasteiger partial charge is 0.112 e. The van der Waals surface area contributed by atoms with Gasteiger partial charge in [-0.15, -0.1) is 0 Å². The Morgan fingerprint density at radius 2 is 2.00 bits per heavy atom. The second-order valence-corrected chi connectivity index (χ2v) is 10.3. The van der Waals surface area contributed by atoms with Gasteiger partial charge in [-0.3, -0.25) is 4.68 Å². The van der Waals surface area contributed by atoms with Crippen LogP contribution < -0.4 is 5.30 Å². The van der Waals surface area contributed by atoms with E-state index in [1.165, 1.54) is 44.9 Å². The summed E-state index contributed by atoms with van der Waals surface area (Å²) >= 11 is 0. The Kier molecular flexibility index (Phi) is 3.37. The van der Waals surface area contributed by atoms with E-state index >= 15 is 0 Å². The van der Waals surface area contributed by atoms with Crippen LogP contribution in [0.5, 0.6) is 0 Å². The van der Waals surface area contributed by atoms with Crippen molar-refractivity contribution in [2.24, 2.45) is 11.3 Å². The molecule has 106 valence electrons. The average molecular weight is 280 g/mol. The summed E-state index contributed by atoms with van der Waals surface area (Å²) in [4.78, 5) is 0. The Bertz CT molecular complexity index is 488. The molecule has 1 aromatic rings. The van der Waals surface area contributed by atoms with Gasteiger partial charge in [0.05, 0.1) is 6.20 Å². The van der Waals surface area contributed by atoms with Crippen molar-refractivity contribution in [3.63, 3.8) is 0 Å². The van der Waals surface area contributed by atoms with Crippen LogP contribution >= 0.6 is 7.14 Å². The molecule has 0 aliphatic heterocycles. The van der Waals surface area contributed by atoms with Gasteiger partial charge in [0.25, 0.3) is 0 Å². The summed E-state index contributed by atoms with van der Waals surface area (Å²) in [5.74, 6) is 0.883. The molecular formula is C15H25N2OP. The van der Waals surface area contributed by atoms with Crippen molar-refractivity contribution >= 4 is 12.4 Å². The molecule has 2 saturated carbocycles. The minimum absolute atomic E-state index is 0.798. The third-order valence-corrected chi connectivity index (χ3v) is 6.61. The van der Waals surface area contributed by atoms with Crippen LogP contribution in [0, 0.1) is 11.3 Å². The number of rotatable bonds is 4. The molecule has 19 heavy (non-hydrogen) atoms. The molecule has 0 unspecified atom stereocenters. The standard InChI is InChI=1S/C15H25N2OP/c1-19(2,18)14-11-16-17(12-14)10-5-13-3-6-15(7-4-13)8-9-15/h11-13H,3-10H2,1-2H3. The number of hydrogen-bond donors (Lipinski definition) is 0. The van der Waals surface area contributed by atoms with Gasteiger partial charge >= 0.3 is 0 Å². The first-order valence-electron chi connectivity index (χ1n) is 7.55. The second kappa shape index (κ2) is 4.77. The van der Waals surface area contributed by atoms with Gasteiger partial charge in [0, 0.05) is 18.0 Å². The predicted molar refractivity (Wildman–Crippen MR) is 79.6 cm³/mol. The lowest BCUT2D eigenvalue weighted by atomic mass is 9.78. The van der Waals surface area contributed by atoms with Crippen molar-refractivity contribution in [1.29, 1.82) is 0 Å². The van der Waals surface area contributed by atoms with Crippen LogP contribution in [0.25, 0.3) is 0 Å². The summed E-state index contributed by atoms with van der Waals surface area (Å²) in [6.45, 7) is 4.60. The van der Waals surface area contributed by atoms with Gasteiger partial charge < -0.3 is 4.57 Å². The maximum Gasteiger partial charge on any atom is 0.112 e. The number of hydrogen-bond acceptors (Lipinski definition) is 2. The van der Waals surface area contributed by atoms with Crippen LogP contribution in [-0.2, 0) is 11.1 Å². The summed E-state index contributed by atoms with van der Waals surface area (Å²) in [5.41, 5.74) is 0.798. The summed E-state index contributed by atoms with van der Waals surface area (Å²) < 4.78 is 13.9. The number of aryl methyl sites for hydroxylation is 1. The van der Waals surface area contributed by atoms with Crippen molar-refractivity contribution in [3.8, 4) is 0 Å². The highest BCUT2D eigenvalue weighted by molar-refractivity contribution is 7.70. The van der Waals surface area contributed by atoms with E-state index in [1.54, 1.807) is 6.20 Å². The Morgan fingerprint density at radius 3 is 2.53 bits per heavy atom. The molecule has 3 nitrogen and oxygen atoms in total. The van der Waals surface area contributed by atoms with Gasteiger partial charge in [-0.2, -0.15) is 5.10 Å². The first-order valence-corrected chi connectivity index (χ1v) is 10.2. The molecular weight excluding hydrogens is 255 g/mol. The normalized spacial score (nSPS) is 22.8. The monoisotopic (exact) mass is 280 g/mol. The van der Waals surface area contributed by atoms with E-state index in [1.807, 2.05) is 24.2 Å². The Morgan fingerprint density at radius 1 is 1.32 bits per heavy atom. The topological polar surface area (TPSA) is 34.9 Å².